The van der Waals surface area contributed by atoms with E-state index >= 15 is 0 Å². The van der Waals surface area contributed by atoms with Gasteiger partial charge in [0.1, 0.15) is 13.2 Å². The van der Waals surface area contributed by atoms with Crippen LogP contribution >= 0.6 is 7.82 Å². The van der Waals surface area contributed by atoms with Crippen LogP contribution in [0.4, 0.5) is 0 Å². The number of phosphoric acid groups is 1. The Balaban J connectivity index is 3.87. The van der Waals surface area contributed by atoms with Crippen LogP contribution in [0, 0.1) is 0 Å². The number of aliphatic hydroxyl groups is 1. The minimum atomic E-state index is -4.35. The number of carbonyl (C=O) groups is 1. The van der Waals surface area contributed by atoms with E-state index in [1.807, 2.05) is 27.2 Å². The normalized spacial score (nSPS) is 14.4. The first-order valence-electron chi connectivity index (χ1n) is 30.3. The molecule has 0 aliphatic heterocycles. The lowest BCUT2D eigenvalue weighted by atomic mass is 10.0. The third-order valence-electron chi connectivity index (χ3n) is 13.4. The summed E-state index contributed by atoms with van der Waals surface area (Å²) in [4.78, 5) is 23.2. The fourth-order valence-corrected chi connectivity index (χ4v) is 9.36. The molecule has 9 heteroatoms. The Morgan fingerprint density at radius 3 is 1.25 bits per heavy atom. The number of hydrogen-bond acceptors (Lipinski definition) is 5. The molecule has 420 valence electrons. The highest BCUT2D eigenvalue weighted by molar-refractivity contribution is 7.47. The molecule has 0 bridgehead atoms. The summed E-state index contributed by atoms with van der Waals surface area (Å²) < 4.78 is 23.6. The number of aliphatic hydroxyl groups excluding tert-OH is 1. The topological polar surface area (TPSA) is 105 Å². The molecule has 3 N–H and O–H groups in total. The summed E-state index contributed by atoms with van der Waals surface area (Å²) in [6.45, 7) is 4.70. The van der Waals surface area contributed by atoms with Crippen LogP contribution in [-0.2, 0) is 18.4 Å². The van der Waals surface area contributed by atoms with Crippen LogP contribution in [0.2, 0.25) is 0 Å². The molecule has 0 aromatic rings. The maximum absolute atomic E-state index is 12.9. The largest absolute Gasteiger partial charge is 0.472 e. The van der Waals surface area contributed by atoms with Gasteiger partial charge in [0.2, 0.25) is 5.91 Å². The fourth-order valence-electron chi connectivity index (χ4n) is 8.62. The number of hydrogen-bond donors (Lipinski definition) is 3. The van der Waals surface area contributed by atoms with Crippen molar-refractivity contribution in [1.82, 2.24) is 5.32 Å². The second-order valence-corrected chi connectivity index (χ2v) is 23.2. The highest BCUT2D eigenvalue weighted by atomic mass is 31.2. The van der Waals surface area contributed by atoms with Crippen LogP contribution < -0.4 is 5.32 Å². The van der Waals surface area contributed by atoms with Crippen LogP contribution in [0.5, 0.6) is 0 Å². The molecule has 0 spiro atoms. The Labute approximate surface area is 446 Å². The van der Waals surface area contributed by atoms with Gasteiger partial charge in [-0.2, -0.15) is 0 Å². The average molecular weight is 1030 g/mol. The smallest absolute Gasteiger partial charge is 0.387 e. The van der Waals surface area contributed by atoms with E-state index in [1.54, 1.807) is 6.08 Å². The number of amides is 1. The van der Waals surface area contributed by atoms with Gasteiger partial charge in [-0.1, -0.05) is 260 Å². The molecule has 0 aromatic heterocycles. The van der Waals surface area contributed by atoms with Gasteiger partial charge in [0, 0.05) is 6.42 Å². The second-order valence-electron chi connectivity index (χ2n) is 21.7. The van der Waals surface area contributed by atoms with Crippen LogP contribution in [0.25, 0.3) is 0 Å². The van der Waals surface area contributed by atoms with E-state index in [-0.39, 0.29) is 19.1 Å². The number of quaternary nitrogens is 1. The molecule has 3 atom stereocenters. The predicted molar refractivity (Wildman–Crippen MR) is 313 cm³/mol. The van der Waals surface area contributed by atoms with E-state index in [1.165, 1.54) is 186 Å². The molecular weight excluding hydrogens is 912 g/mol. The zero-order chi connectivity index (χ0) is 52.7. The number of likely N-dealkylation sites (N-methyl/N-ethyl adjacent to an activating group) is 1. The van der Waals surface area contributed by atoms with Crippen molar-refractivity contribution in [3.63, 3.8) is 0 Å². The SMILES string of the molecule is CCC/C=C/CC/C=C/CC/C=C/C(O)C(COP(=O)(O)OCC[N+](C)(C)C)NC(=O)CCCCCCCCCCCCCCCCCCCCCCCCCC/C=C\C/C=C\C/C=C\CCCCCCC. The number of allylic oxidation sites excluding steroid dienone is 11. The van der Waals surface area contributed by atoms with Gasteiger partial charge in [-0.05, 0) is 77.0 Å². The maximum Gasteiger partial charge on any atom is 0.472 e. The summed E-state index contributed by atoms with van der Waals surface area (Å²) in [7, 11) is 1.55. The minimum Gasteiger partial charge on any atom is -0.387 e. The lowest BCUT2D eigenvalue weighted by molar-refractivity contribution is -0.870. The van der Waals surface area contributed by atoms with Crippen LogP contribution in [0.15, 0.2) is 72.9 Å². The molecule has 0 aliphatic carbocycles. The van der Waals surface area contributed by atoms with Gasteiger partial charge in [0.15, 0.2) is 0 Å². The number of nitrogens with zero attached hydrogens (tertiary/aromatic N) is 1. The van der Waals surface area contributed by atoms with Gasteiger partial charge < -0.3 is 19.8 Å². The average Bonchev–Trinajstić information content (AvgIpc) is 3.34. The number of rotatable bonds is 55. The van der Waals surface area contributed by atoms with Gasteiger partial charge in [-0.25, -0.2) is 4.57 Å². The summed E-state index contributed by atoms with van der Waals surface area (Å²) in [5.41, 5.74) is 0. The summed E-state index contributed by atoms with van der Waals surface area (Å²) in [5, 5.41) is 13.8. The molecule has 0 radical (unpaired) electrons. The van der Waals surface area contributed by atoms with E-state index in [9.17, 15) is 19.4 Å². The van der Waals surface area contributed by atoms with E-state index in [2.05, 4.69) is 79.9 Å². The Morgan fingerprint density at radius 2 is 0.833 bits per heavy atom. The fraction of sp³-hybridized carbons (Fsp3) is 0.794. The first-order chi connectivity index (χ1) is 35.0. The van der Waals surface area contributed by atoms with Crippen molar-refractivity contribution in [3.05, 3.63) is 72.9 Å². The van der Waals surface area contributed by atoms with Crippen molar-refractivity contribution in [1.29, 1.82) is 0 Å². The van der Waals surface area contributed by atoms with Crippen molar-refractivity contribution in [2.24, 2.45) is 0 Å². The van der Waals surface area contributed by atoms with Crippen molar-refractivity contribution in [2.75, 3.05) is 40.9 Å². The molecule has 0 fully saturated rings. The molecule has 3 unspecified atom stereocenters. The monoisotopic (exact) mass is 1030 g/mol. The number of phosphoric ester groups is 1. The maximum atomic E-state index is 12.9. The highest BCUT2D eigenvalue weighted by Crippen LogP contribution is 2.43. The Morgan fingerprint density at radius 1 is 0.472 bits per heavy atom. The zero-order valence-electron chi connectivity index (χ0n) is 47.9. The van der Waals surface area contributed by atoms with Crippen molar-refractivity contribution >= 4 is 13.7 Å². The van der Waals surface area contributed by atoms with E-state index in [0.29, 0.717) is 17.4 Å². The third kappa shape index (κ3) is 55.7. The van der Waals surface area contributed by atoms with Crippen molar-refractivity contribution < 1.29 is 32.9 Å². The first-order valence-corrected chi connectivity index (χ1v) is 31.8. The van der Waals surface area contributed by atoms with Gasteiger partial charge in [-0.3, -0.25) is 13.8 Å². The van der Waals surface area contributed by atoms with E-state index in [0.717, 1.165) is 64.2 Å². The Kier molecular flexibility index (Phi) is 52.2. The lowest BCUT2D eigenvalue weighted by Crippen LogP contribution is -2.45. The van der Waals surface area contributed by atoms with Gasteiger partial charge in [0.05, 0.1) is 39.9 Å². The zero-order valence-corrected chi connectivity index (χ0v) is 48.8. The third-order valence-corrected chi connectivity index (χ3v) is 14.3. The number of carbonyl (C=O) groups excluding carboxylic acids is 1. The molecule has 0 aromatic carbocycles. The molecule has 72 heavy (non-hydrogen) atoms. The molecule has 0 heterocycles. The number of unbranched alkanes of at least 4 members (excludes halogenated alkanes) is 32. The lowest BCUT2D eigenvalue weighted by Gasteiger charge is -2.25. The van der Waals surface area contributed by atoms with Gasteiger partial charge >= 0.3 is 7.82 Å². The van der Waals surface area contributed by atoms with Crippen LogP contribution in [0.3, 0.4) is 0 Å². The van der Waals surface area contributed by atoms with Gasteiger partial charge in [-0.15, -0.1) is 0 Å². The summed E-state index contributed by atoms with van der Waals surface area (Å²) in [6.07, 6.45) is 74.8. The molecule has 1 amide bonds. The molecular formula is C63H118N2O6P+. The molecule has 8 nitrogen and oxygen atoms in total. The molecule has 0 rings (SSSR count). The number of nitrogens with one attached hydrogen (secondary N) is 1. The Bertz CT molecular complexity index is 1400. The molecule has 0 aliphatic rings. The highest BCUT2D eigenvalue weighted by Gasteiger charge is 2.27. The predicted octanol–water partition coefficient (Wildman–Crippen LogP) is 18.7. The second kappa shape index (κ2) is 53.8. The summed E-state index contributed by atoms with van der Waals surface area (Å²) in [6, 6.07) is -0.869. The first kappa shape index (κ1) is 69.9. The quantitative estimate of drug-likeness (QED) is 0.0243. The minimum absolute atomic E-state index is 0.0526. The summed E-state index contributed by atoms with van der Waals surface area (Å²) in [5.74, 6) is -0.191. The Hall–Kier alpha value is -2.06. The van der Waals surface area contributed by atoms with E-state index < -0.39 is 20.0 Å². The van der Waals surface area contributed by atoms with Crippen LogP contribution in [-0.4, -0.2) is 73.4 Å². The summed E-state index contributed by atoms with van der Waals surface area (Å²) >= 11 is 0. The van der Waals surface area contributed by atoms with Crippen LogP contribution in [0.1, 0.15) is 271 Å². The standard InChI is InChI=1S/C63H117N2O6P/c1-6-8-10-12-14-16-18-19-20-21-22-23-24-25-26-27-28-29-30-31-32-33-34-35-36-37-38-39-40-41-42-43-44-45-47-49-51-53-55-57-63(67)64-61(60-71-72(68,69)70-59-58-65(3,4)5)62(66)56-54-52-50-48-46-17-15-13-11-9-7-2/h11,13,18-19,21-22,24-25,46,48,54,56,61-62,66H,6-10,12,14-17,20,23,26-45,47,49-53,55,57-60H2,1-5H3,(H-,64,67,68,69)/p+1/b13-11+,19-18-,22-21-,25-24-,48-46+,56-54+. The van der Waals surface area contributed by atoms with Crippen molar-refractivity contribution in [3.8, 4) is 0 Å². The van der Waals surface area contributed by atoms with Crippen molar-refractivity contribution in [2.45, 2.75) is 283 Å². The molecule has 0 saturated carbocycles. The molecule has 0 saturated heterocycles. The van der Waals surface area contributed by atoms with Gasteiger partial charge in [0.25, 0.3) is 0 Å². The van der Waals surface area contributed by atoms with E-state index in [4.69, 9.17) is 9.05 Å².